The summed E-state index contributed by atoms with van der Waals surface area (Å²) in [5, 5.41) is 11.3. The molecule has 0 unspecified atom stereocenters. The summed E-state index contributed by atoms with van der Waals surface area (Å²) in [7, 11) is 0. The van der Waals surface area contributed by atoms with Gasteiger partial charge in [-0.3, -0.25) is 4.79 Å². The van der Waals surface area contributed by atoms with Crippen LogP contribution in [0.1, 0.15) is 13.3 Å². The number of nitrogens with zero attached hydrogens (tertiary/aromatic N) is 2. The summed E-state index contributed by atoms with van der Waals surface area (Å²) in [6, 6.07) is 11.6. The van der Waals surface area contributed by atoms with Crippen LogP contribution in [0.25, 0.3) is 11.3 Å². The number of carbonyl (C=O) groups is 1. The minimum absolute atomic E-state index is 0.158. The first kappa shape index (κ1) is 13.7. The van der Waals surface area contributed by atoms with E-state index in [1.807, 2.05) is 36.4 Å². The van der Waals surface area contributed by atoms with E-state index < -0.39 is 0 Å². The highest BCUT2D eigenvalue weighted by Gasteiger charge is 2.04. The van der Waals surface area contributed by atoms with E-state index in [1.54, 1.807) is 6.92 Å². The fraction of sp³-hybridized carbons (Fsp3) is 0.214. The maximum atomic E-state index is 10.8. The molecule has 1 heterocycles. The van der Waals surface area contributed by atoms with Crippen molar-refractivity contribution in [2.75, 3.05) is 11.9 Å². The van der Waals surface area contributed by atoms with E-state index in [1.165, 1.54) is 0 Å². The second kappa shape index (κ2) is 6.43. The summed E-state index contributed by atoms with van der Waals surface area (Å²) in [5.74, 6) is 0.836. The van der Waals surface area contributed by atoms with Crippen LogP contribution in [-0.2, 0) is 4.79 Å². The Morgan fingerprint density at radius 3 is 2.63 bits per heavy atom. The molecule has 2 rings (SSSR count). The van der Waals surface area contributed by atoms with Crippen LogP contribution in [0.4, 0.5) is 5.82 Å². The lowest BCUT2D eigenvalue weighted by atomic mass is 10.1. The van der Waals surface area contributed by atoms with Gasteiger partial charge in [-0.1, -0.05) is 34.1 Å². The lowest BCUT2D eigenvalue weighted by molar-refractivity contribution is -0.116. The number of anilines is 1. The molecule has 0 amide bonds. The van der Waals surface area contributed by atoms with Crippen LogP contribution in [0.15, 0.2) is 40.9 Å². The van der Waals surface area contributed by atoms with Crippen molar-refractivity contribution >= 4 is 27.5 Å². The van der Waals surface area contributed by atoms with E-state index in [0.717, 1.165) is 15.7 Å². The second-order valence-corrected chi connectivity index (χ2v) is 5.02. The van der Waals surface area contributed by atoms with Crippen molar-refractivity contribution in [1.82, 2.24) is 10.2 Å². The van der Waals surface area contributed by atoms with Crippen molar-refractivity contribution in [1.29, 1.82) is 0 Å². The number of hydrogen-bond acceptors (Lipinski definition) is 4. The largest absolute Gasteiger partial charge is 0.368 e. The lowest BCUT2D eigenvalue weighted by Gasteiger charge is -2.05. The molecular formula is C14H14BrN3O. The number of carbonyl (C=O) groups excluding carboxylic acids is 1. The van der Waals surface area contributed by atoms with Gasteiger partial charge in [0.1, 0.15) is 11.6 Å². The molecule has 98 valence electrons. The number of ketones is 1. The predicted molar refractivity (Wildman–Crippen MR) is 79.0 cm³/mol. The van der Waals surface area contributed by atoms with E-state index in [0.29, 0.717) is 18.8 Å². The Balaban J connectivity index is 2.06. The Morgan fingerprint density at radius 2 is 2.00 bits per heavy atom. The molecule has 0 fully saturated rings. The van der Waals surface area contributed by atoms with Crippen molar-refractivity contribution in [2.45, 2.75) is 13.3 Å². The fourth-order valence-electron chi connectivity index (χ4n) is 1.61. The summed E-state index contributed by atoms with van der Waals surface area (Å²) in [4.78, 5) is 10.8. The minimum atomic E-state index is 0.158. The van der Waals surface area contributed by atoms with Crippen molar-refractivity contribution in [3.8, 4) is 11.3 Å². The number of hydrogen-bond donors (Lipinski definition) is 1. The molecule has 5 heteroatoms. The molecule has 4 nitrogen and oxygen atoms in total. The topological polar surface area (TPSA) is 54.9 Å². The molecule has 0 spiro atoms. The highest BCUT2D eigenvalue weighted by Crippen LogP contribution is 2.26. The number of Topliss-reactive ketones (excluding diaryl/α,β-unsaturated/α-hetero) is 1. The monoisotopic (exact) mass is 319 g/mol. The van der Waals surface area contributed by atoms with Crippen molar-refractivity contribution in [3.63, 3.8) is 0 Å². The first-order chi connectivity index (χ1) is 9.16. The van der Waals surface area contributed by atoms with Gasteiger partial charge >= 0.3 is 0 Å². The number of aromatic nitrogens is 2. The molecule has 0 aliphatic rings. The van der Waals surface area contributed by atoms with Crippen LogP contribution in [-0.4, -0.2) is 22.5 Å². The molecule has 0 atom stereocenters. The molecular weight excluding hydrogens is 306 g/mol. The van der Waals surface area contributed by atoms with Gasteiger partial charge in [-0.15, -0.1) is 10.2 Å². The average molecular weight is 320 g/mol. The summed E-state index contributed by atoms with van der Waals surface area (Å²) in [6.07, 6.45) is 0.494. The molecule has 0 saturated heterocycles. The molecule has 2 aromatic rings. The number of benzene rings is 1. The van der Waals surface area contributed by atoms with Gasteiger partial charge in [0.15, 0.2) is 0 Å². The van der Waals surface area contributed by atoms with Crippen LogP contribution in [0.2, 0.25) is 0 Å². The highest BCUT2D eigenvalue weighted by atomic mass is 79.9. The Kier molecular flexibility index (Phi) is 4.63. The molecule has 1 aromatic carbocycles. The minimum Gasteiger partial charge on any atom is -0.368 e. The standard InChI is InChI=1S/C14H14BrN3O/c1-10(19)8-9-16-14-7-6-13(17-18-14)11-4-2-3-5-12(11)15/h2-7H,8-9H2,1H3,(H,16,18). The molecule has 0 bridgehead atoms. The Bertz CT molecular complexity index is 569. The third-order valence-corrected chi connectivity index (χ3v) is 3.29. The Hall–Kier alpha value is -1.75. The second-order valence-electron chi connectivity index (χ2n) is 4.16. The van der Waals surface area contributed by atoms with Crippen molar-refractivity contribution in [2.24, 2.45) is 0 Å². The maximum Gasteiger partial charge on any atom is 0.148 e. The summed E-state index contributed by atoms with van der Waals surface area (Å²) in [6.45, 7) is 2.15. The zero-order chi connectivity index (χ0) is 13.7. The normalized spacial score (nSPS) is 10.2. The zero-order valence-electron chi connectivity index (χ0n) is 10.6. The molecule has 0 saturated carbocycles. The van der Waals surface area contributed by atoms with Gasteiger partial charge < -0.3 is 5.32 Å². The van der Waals surface area contributed by atoms with E-state index >= 15 is 0 Å². The third-order valence-electron chi connectivity index (χ3n) is 2.60. The molecule has 1 aromatic heterocycles. The van der Waals surface area contributed by atoms with Gasteiger partial charge in [0.25, 0.3) is 0 Å². The van der Waals surface area contributed by atoms with Gasteiger partial charge in [0.05, 0.1) is 5.69 Å². The van der Waals surface area contributed by atoms with Gasteiger partial charge in [0.2, 0.25) is 0 Å². The van der Waals surface area contributed by atoms with Gasteiger partial charge in [-0.2, -0.15) is 0 Å². The smallest absolute Gasteiger partial charge is 0.148 e. The molecule has 0 radical (unpaired) electrons. The van der Waals surface area contributed by atoms with Crippen LogP contribution in [0.5, 0.6) is 0 Å². The molecule has 1 N–H and O–H groups in total. The van der Waals surface area contributed by atoms with E-state index in [9.17, 15) is 4.79 Å². The van der Waals surface area contributed by atoms with Crippen LogP contribution < -0.4 is 5.32 Å². The SMILES string of the molecule is CC(=O)CCNc1ccc(-c2ccccc2Br)nn1. The summed E-state index contributed by atoms with van der Waals surface area (Å²) < 4.78 is 0.988. The molecule has 19 heavy (non-hydrogen) atoms. The number of nitrogens with one attached hydrogen (secondary N) is 1. The number of rotatable bonds is 5. The van der Waals surface area contributed by atoms with Gasteiger partial charge in [-0.05, 0) is 25.1 Å². The van der Waals surface area contributed by atoms with Gasteiger partial charge in [-0.25, -0.2) is 0 Å². The van der Waals surface area contributed by atoms with Crippen molar-refractivity contribution in [3.05, 3.63) is 40.9 Å². The molecule has 0 aliphatic carbocycles. The predicted octanol–water partition coefficient (Wildman–Crippen LogP) is 3.30. The fourth-order valence-corrected chi connectivity index (χ4v) is 2.09. The first-order valence-corrected chi connectivity index (χ1v) is 6.78. The summed E-state index contributed by atoms with van der Waals surface area (Å²) >= 11 is 3.49. The average Bonchev–Trinajstić information content (AvgIpc) is 2.40. The molecule has 0 aliphatic heterocycles. The number of halogens is 1. The van der Waals surface area contributed by atoms with E-state index in [4.69, 9.17) is 0 Å². The Morgan fingerprint density at radius 1 is 1.21 bits per heavy atom. The lowest BCUT2D eigenvalue weighted by Crippen LogP contribution is -2.07. The van der Waals surface area contributed by atoms with Gasteiger partial charge in [0, 0.05) is 23.0 Å². The van der Waals surface area contributed by atoms with Crippen LogP contribution in [0, 0.1) is 0 Å². The maximum absolute atomic E-state index is 10.8. The quantitative estimate of drug-likeness (QED) is 0.918. The van der Waals surface area contributed by atoms with E-state index in [2.05, 4.69) is 31.4 Å². The third kappa shape index (κ3) is 3.86. The van der Waals surface area contributed by atoms with Crippen molar-refractivity contribution < 1.29 is 4.79 Å². The van der Waals surface area contributed by atoms with Crippen LogP contribution in [0.3, 0.4) is 0 Å². The first-order valence-electron chi connectivity index (χ1n) is 5.99. The Labute approximate surface area is 120 Å². The van der Waals surface area contributed by atoms with E-state index in [-0.39, 0.29) is 5.78 Å². The summed E-state index contributed by atoms with van der Waals surface area (Å²) in [5.41, 5.74) is 1.81. The zero-order valence-corrected chi connectivity index (χ0v) is 12.1. The van der Waals surface area contributed by atoms with Crippen LogP contribution >= 0.6 is 15.9 Å². The highest BCUT2D eigenvalue weighted by molar-refractivity contribution is 9.10.